The average Bonchev–Trinajstić information content (AvgIpc) is 3.99. The number of nitrogens with zero attached hydrogens (tertiary/aromatic N) is 4. The highest BCUT2D eigenvalue weighted by atomic mass is 32.1. The lowest BCUT2D eigenvalue weighted by Crippen LogP contribution is -2.37. The van der Waals surface area contributed by atoms with E-state index < -0.39 is 0 Å². The van der Waals surface area contributed by atoms with Gasteiger partial charge >= 0.3 is 0 Å². The van der Waals surface area contributed by atoms with E-state index in [0.717, 1.165) is 71.8 Å². The van der Waals surface area contributed by atoms with Crippen LogP contribution in [0.4, 0.5) is 31.5 Å². The van der Waals surface area contributed by atoms with Gasteiger partial charge in [0.1, 0.15) is 21.3 Å². The van der Waals surface area contributed by atoms with Crippen LogP contribution in [0.3, 0.4) is 0 Å². The molecule has 54 heavy (non-hydrogen) atoms. The third kappa shape index (κ3) is 6.98. The monoisotopic (exact) mass is 794 g/mol. The number of hydrogen-bond acceptors (Lipinski definition) is 12. The molecule has 2 aliphatic rings. The van der Waals surface area contributed by atoms with Crippen molar-refractivity contribution in [2.45, 2.75) is 51.1 Å². The Labute approximate surface area is 326 Å². The van der Waals surface area contributed by atoms with E-state index in [9.17, 15) is 8.78 Å². The first-order valence-corrected chi connectivity index (χ1v) is 21.3. The Bertz CT molecular complexity index is 2660. The quantitative estimate of drug-likeness (QED) is 0.132. The van der Waals surface area contributed by atoms with Gasteiger partial charge in [-0.15, -0.1) is 45.3 Å². The Morgan fingerprint density at radius 3 is 1.96 bits per heavy atom. The summed E-state index contributed by atoms with van der Waals surface area (Å²) in [5.74, 6) is -0.0360. The van der Waals surface area contributed by atoms with E-state index in [2.05, 4.69) is 73.3 Å². The number of rotatable bonds is 6. The number of thiazole rings is 2. The number of anilines is 4. The zero-order valence-corrected chi connectivity index (χ0v) is 32.7. The second-order valence-corrected chi connectivity index (χ2v) is 17.4. The molecule has 1 saturated heterocycles. The smallest absolute Gasteiger partial charge is 0.148 e. The molecule has 10 rings (SSSR count). The summed E-state index contributed by atoms with van der Waals surface area (Å²) < 4.78 is 30.7. The van der Waals surface area contributed by atoms with Gasteiger partial charge in [-0.25, -0.2) is 28.7 Å². The second-order valence-electron chi connectivity index (χ2n) is 13.6. The molecule has 0 saturated carbocycles. The molecule has 0 radical (unpaired) electrons. The molecule has 2 aromatic carbocycles. The van der Waals surface area contributed by atoms with Gasteiger partial charge in [-0.1, -0.05) is 6.08 Å². The van der Waals surface area contributed by atoms with E-state index in [-0.39, 0.29) is 11.6 Å². The number of aromatic nitrogens is 4. The lowest BCUT2D eigenvalue weighted by atomic mass is 9.90. The van der Waals surface area contributed by atoms with Gasteiger partial charge in [0.25, 0.3) is 0 Å². The molecule has 2 aliphatic heterocycles. The molecule has 3 atom stereocenters. The SMILES string of the molecule is C[C@@H]1NCCC=C1c1cc2c(Nc3cc4ncsc4cc3F)ccnc2s1.C[C@@H]1NCCCC1c1cc2c(Nc3cc4ncsc4cc3F)ccnc2s1. The van der Waals surface area contributed by atoms with Crippen LogP contribution in [-0.4, -0.2) is 45.1 Å². The normalized spacial score (nSPS) is 18.9. The Morgan fingerprint density at radius 2 is 1.33 bits per heavy atom. The number of pyridine rings is 2. The lowest BCUT2D eigenvalue weighted by Gasteiger charge is -2.29. The van der Waals surface area contributed by atoms with Crippen molar-refractivity contribution in [1.82, 2.24) is 30.6 Å². The van der Waals surface area contributed by atoms with E-state index in [1.165, 1.54) is 56.9 Å². The molecule has 0 spiro atoms. The summed E-state index contributed by atoms with van der Waals surface area (Å²) in [5.41, 5.74) is 9.00. The minimum Gasteiger partial charge on any atom is -0.352 e. The van der Waals surface area contributed by atoms with Gasteiger partial charge in [-0.2, -0.15) is 0 Å². The minimum atomic E-state index is -0.278. The third-order valence-electron chi connectivity index (χ3n) is 10.1. The summed E-state index contributed by atoms with van der Waals surface area (Å²) in [7, 11) is 0. The highest BCUT2D eigenvalue weighted by molar-refractivity contribution is 7.20. The van der Waals surface area contributed by atoms with Gasteiger partial charge in [0, 0.05) is 50.9 Å². The van der Waals surface area contributed by atoms with Crippen molar-refractivity contribution in [3.05, 3.63) is 99.4 Å². The topological polar surface area (TPSA) is 99.7 Å². The number of hydrogen-bond donors (Lipinski definition) is 4. The maximum absolute atomic E-state index is 14.5. The van der Waals surface area contributed by atoms with E-state index in [1.54, 1.807) is 64.3 Å². The fourth-order valence-electron chi connectivity index (χ4n) is 7.24. The van der Waals surface area contributed by atoms with Crippen molar-refractivity contribution in [1.29, 1.82) is 0 Å². The molecule has 6 aromatic heterocycles. The van der Waals surface area contributed by atoms with E-state index >= 15 is 0 Å². The van der Waals surface area contributed by atoms with Crippen molar-refractivity contribution in [2.24, 2.45) is 0 Å². The van der Waals surface area contributed by atoms with Crippen LogP contribution < -0.4 is 21.3 Å². The summed E-state index contributed by atoms with van der Waals surface area (Å²) in [4.78, 5) is 22.1. The molecule has 0 amide bonds. The number of benzene rings is 2. The number of halogens is 2. The zero-order chi connectivity index (χ0) is 36.8. The fraction of sp³-hybridized carbons (Fsp3) is 0.250. The Hall–Kier alpha value is -4.44. The Balaban J connectivity index is 0.000000142. The summed E-state index contributed by atoms with van der Waals surface area (Å²) in [6.07, 6.45) is 9.27. The van der Waals surface area contributed by atoms with Crippen LogP contribution in [0.2, 0.25) is 0 Å². The highest BCUT2D eigenvalue weighted by Crippen LogP contribution is 2.40. The predicted octanol–water partition coefficient (Wildman–Crippen LogP) is 11.2. The van der Waals surface area contributed by atoms with Crippen LogP contribution in [0.25, 0.3) is 46.4 Å². The van der Waals surface area contributed by atoms with Gasteiger partial charge in [-0.3, -0.25) is 0 Å². The molecule has 14 heteroatoms. The average molecular weight is 795 g/mol. The molecule has 4 N–H and O–H groups in total. The van der Waals surface area contributed by atoms with Gasteiger partial charge in [-0.05, 0) is 100 Å². The molecule has 0 bridgehead atoms. The summed E-state index contributed by atoms with van der Waals surface area (Å²) in [6.45, 7) is 6.53. The lowest BCUT2D eigenvalue weighted by molar-refractivity contribution is 0.375. The van der Waals surface area contributed by atoms with Crippen LogP contribution in [-0.2, 0) is 0 Å². The van der Waals surface area contributed by atoms with Crippen molar-refractivity contribution < 1.29 is 8.78 Å². The molecule has 0 aliphatic carbocycles. The highest BCUT2D eigenvalue weighted by Gasteiger charge is 2.25. The van der Waals surface area contributed by atoms with Gasteiger partial charge in [0.15, 0.2) is 0 Å². The largest absolute Gasteiger partial charge is 0.352 e. The Morgan fingerprint density at radius 1 is 0.704 bits per heavy atom. The number of fused-ring (bicyclic) bond motifs is 4. The van der Waals surface area contributed by atoms with Crippen LogP contribution in [0.5, 0.6) is 0 Å². The fourth-order valence-corrected chi connectivity index (χ4v) is 11.0. The number of thiophene rings is 2. The van der Waals surface area contributed by atoms with E-state index in [4.69, 9.17) is 0 Å². The van der Waals surface area contributed by atoms with Crippen LogP contribution >= 0.6 is 45.3 Å². The van der Waals surface area contributed by atoms with Crippen LogP contribution in [0.1, 0.15) is 48.8 Å². The third-order valence-corrected chi connectivity index (χ3v) is 14.0. The van der Waals surface area contributed by atoms with E-state index in [0.29, 0.717) is 29.4 Å². The standard InChI is InChI=1S/C20H19FN4S2.C20H17FN4S2/c2*1-11-12(3-2-5-22-11)18-7-13-15(4-6-23-20(13)27-18)25-16-9-17-19(8-14(16)21)26-10-24-17/h4,6-12,22H,2-3,5H2,1H3,(H,23,25);3-4,6-11,22H,2,5H2,1H3,(H,23,25)/t11-,12?;11-/m00/s1. The number of nitrogens with one attached hydrogen (secondary N) is 4. The molecule has 1 unspecified atom stereocenters. The maximum atomic E-state index is 14.5. The van der Waals surface area contributed by atoms with Crippen molar-refractivity contribution in [3.63, 3.8) is 0 Å². The van der Waals surface area contributed by atoms with Gasteiger partial charge < -0.3 is 21.3 Å². The van der Waals surface area contributed by atoms with Crippen molar-refractivity contribution >= 4 is 115 Å². The molecule has 8 aromatic rings. The predicted molar refractivity (Wildman–Crippen MR) is 224 cm³/mol. The maximum Gasteiger partial charge on any atom is 0.148 e. The minimum absolute atomic E-state index is 0.266. The van der Waals surface area contributed by atoms with Gasteiger partial charge in [0.05, 0.1) is 54.2 Å². The number of piperidine rings is 1. The van der Waals surface area contributed by atoms with Crippen molar-refractivity contribution in [2.75, 3.05) is 23.7 Å². The van der Waals surface area contributed by atoms with E-state index in [1.807, 2.05) is 12.1 Å². The molecular weight excluding hydrogens is 759 g/mol. The second kappa shape index (κ2) is 15.0. The molecule has 274 valence electrons. The summed E-state index contributed by atoms with van der Waals surface area (Å²) >= 11 is 6.31. The van der Waals surface area contributed by atoms with Crippen LogP contribution in [0, 0.1) is 11.6 Å². The van der Waals surface area contributed by atoms with Crippen LogP contribution in [0.15, 0.2) is 78.0 Å². The summed E-state index contributed by atoms with van der Waals surface area (Å²) in [6, 6.07) is 15.6. The summed E-state index contributed by atoms with van der Waals surface area (Å²) in [5, 5.41) is 15.6. The first-order valence-electron chi connectivity index (χ1n) is 17.9. The molecule has 8 heterocycles. The van der Waals surface area contributed by atoms with Gasteiger partial charge in [0.2, 0.25) is 0 Å². The molecular formula is C40H36F2N8S4. The Kier molecular flexibility index (Phi) is 9.80. The zero-order valence-electron chi connectivity index (χ0n) is 29.5. The molecule has 8 nitrogen and oxygen atoms in total. The molecule has 1 fully saturated rings. The first kappa shape index (κ1) is 35.3. The first-order chi connectivity index (χ1) is 26.4. The van der Waals surface area contributed by atoms with Crippen molar-refractivity contribution in [3.8, 4) is 0 Å².